The maximum atomic E-state index is 12.7. The lowest BCUT2D eigenvalue weighted by Crippen LogP contribution is -2.39. The van der Waals surface area contributed by atoms with Gasteiger partial charge in [-0.3, -0.25) is 0 Å². The molecular weight excluding hydrogens is 504 g/mol. The fourth-order valence-electron chi connectivity index (χ4n) is 5.79. The van der Waals surface area contributed by atoms with Crippen molar-refractivity contribution in [3.8, 4) is 5.75 Å². The number of ether oxygens (including phenoxy) is 2. The average molecular weight is 535 g/mol. The molecule has 0 aromatic heterocycles. The van der Waals surface area contributed by atoms with E-state index in [1.54, 1.807) is 6.07 Å². The first kappa shape index (κ1) is 26.1. The second-order valence-electron chi connectivity index (χ2n) is 10.0. The van der Waals surface area contributed by atoms with Crippen LogP contribution in [0.1, 0.15) is 38.7 Å². The van der Waals surface area contributed by atoms with Gasteiger partial charge in [-0.2, -0.15) is 0 Å². The molecule has 0 N–H and O–H groups in total. The van der Waals surface area contributed by atoms with E-state index in [0.717, 1.165) is 38.8 Å². The zero-order valence-corrected chi connectivity index (χ0v) is 22.8. The zero-order valence-electron chi connectivity index (χ0n) is 22.8. The first-order chi connectivity index (χ1) is 20.2. The molecule has 0 saturated heterocycles. The Balaban J connectivity index is 1.67. The van der Waals surface area contributed by atoms with Crippen molar-refractivity contribution in [1.29, 1.82) is 0 Å². The lowest BCUT2D eigenvalue weighted by molar-refractivity contribution is 0.0600. The van der Waals surface area contributed by atoms with Gasteiger partial charge in [-0.15, -0.1) is 0 Å². The number of methoxy groups -OCH3 is 1. The van der Waals surface area contributed by atoms with E-state index in [4.69, 9.17) is 9.47 Å². The third kappa shape index (κ3) is 4.99. The summed E-state index contributed by atoms with van der Waals surface area (Å²) in [5, 5.41) is 2.24. The molecule has 1 unspecified atom stereocenters. The van der Waals surface area contributed by atoms with Crippen molar-refractivity contribution < 1.29 is 14.3 Å². The Hall–Kier alpha value is -5.15. The van der Waals surface area contributed by atoms with Gasteiger partial charge in [0.05, 0.1) is 18.1 Å². The van der Waals surface area contributed by atoms with Crippen LogP contribution in [0.3, 0.4) is 0 Å². The van der Waals surface area contributed by atoms with Gasteiger partial charge in [0.15, 0.2) is 0 Å². The van der Waals surface area contributed by atoms with Crippen LogP contribution < -0.4 is 4.74 Å². The van der Waals surface area contributed by atoms with Crippen LogP contribution in [-0.4, -0.2) is 13.1 Å². The molecule has 3 nitrogen and oxygen atoms in total. The normalized spacial score (nSPS) is 12.0. The van der Waals surface area contributed by atoms with Gasteiger partial charge in [-0.1, -0.05) is 133 Å². The number of hydrogen-bond donors (Lipinski definition) is 0. The van der Waals surface area contributed by atoms with Crippen molar-refractivity contribution in [3.05, 3.63) is 186 Å². The standard InChI is InChI=1S/C38H30O3/c1-40-37(39)31-17-13-16-30(26-31)36(41-35-25-24-28-14-11-12-15-29(28)27-35)38(32-18-5-2-6-19-32,33-20-7-3-8-21-33)34-22-9-4-10-23-34/h2-27,36H,1H3. The monoisotopic (exact) mass is 534 g/mol. The van der Waals surface area contributed by atoms with Crippen molar-refractivity contribution in [2.45, 2.75) is 11.5 Å². The molecule has 0 aliphatic heterocycles. The summed E-state index contributed by atoms with van der Waals surface area (Å²) in [5.41, 5.74) is 3.78. The van der Waals surface area contributed by atoms with Crippen molar-refractivity contribution in [3.63, 3.8) is 0 Å². The van der Waals surface area contributed by atoms with Crippen LogP contribution in [-0.2, 0) is 10.2 Å². The number of esters is 1. The van der Waals surface area contributed by atoms with Crippen molar-refractivity contribution in [2.75, 3.05) is 7.11 Å². The fourth-order valence-corrected chi connectivity index (χ4v) is 5.79. The van der Waals surface area contributed by atoms with Gasteiger partial charge in [0.25, 0.3) is 0 Å². The van der Waals surface area contributed by atoms with Gasteiger partial charge in [-0.25, -0.2) is 4.79 Å². The minimum Gasteiger partial charge on any atom is -0.484 e. The Kier molecular flexibility index (Phi) is 7.34. The van der Waals surface area contributed by atoms with Gasteiger partial charge < -0.3 is 9.47 Å². The summed E-state index contributed by atoms with van der Waals surface area (Å²) in [6, 6.07) is 53.4. The molecule has 6 aromatic rings. The Bertz CT molecular complexity index is 1670. The molecule has 0 saturated carbocycles. The first-order valence-corrected chi connectivity index (χ1v) is 13.7. The molecule has 0 fully saturated rings. The summed E-state index contributed by atoms with van der Waals surface area (Å²) in [6.45, 7) is 0. The highest BCUT2D eigenvalue weighted by Crippen LogP contribution is 2.50. The van der Waals surface area contributed by atoms with Crippen LogP contribution in [0.25, 0.3) is 10.8 Å². The molecule has 0 aliphatic carbocycles. The van der Waals surface area contributed by atoms with Crippen LogP contribution in [0.4, 0.5) is 0 Å². The molecule has 0 amide bonds. The van der Waals surface area contributed by atoms with Crippen LogP contribution >= 0.6 is 0 Å². The minimum atomic E-state index is -0.774. The van der Waals surface area contributed by atoms with E-state index < -0.39 is 11.5 Å². The third-order valence-electron chi connectivity index (χ3n) is 7.67. The van der Waals surface area contributed by atoms with Crippen molar-refractivity contribution >= 4 is 16.7 Å². The lowest BCUT2D eigenvalue weighted by Gasteiger charge is -2.42. The second kappa shape index (κ2) is 11.5. The summed E-state index contributed by atoms with van der Waals surface area (Å²) in [5.74, 6) is 0.352. The van der Waals surface area contributed by atoms with E-state index in [1.807, 2.05) is 54.6 Å². The number of carbonyl (C=O) groups is 1. The van der Waals surface area contributed by atoms with E-state index >= 15 is 0 Å². The molecule has 0 bridgehead atoms. The largest absolute Gasteiger partial charge is 0.484 e. The molecule has 0 spiro atoms. The molecule has 0 heterocycles. The lowest BCUT2D eigenvalue weighted by atomic mass is 9.64. The topological polar surface area (TPSA) is 35.5 Å². The maximum absolute atomic E-state index is 12.7. The Morgan fingerprint density at radius 3 is 1.66 bits per heavy atom. The van der Waals surface area contributed by atoms with Crippen LogP contribution in [0.15, 0.2) is 158 Å². The van der Waals surface area contributed by atoms with E-state index in [9.17, 15) is 4.79 Å². The van der Waals surface area contributed by atoms with Gasteiger partial charge in [0.2, 0.25) is 0 Å². The summed E-state index contributed by atoms with van der Waals surface area (Å²) in [7, 11) is 1.40. The van der Waals surface area contributed by atoms with Gasteiger partial charge >= 0.3 is 5.97 Å². The van der Waals surface area contributed by atoms with E-state index in [2.05, 4.69) is 97.1 Å². The number of rotatable bonds is 8. The summed E-state index contributed by atoms with van der Waals surface area (Å²) < 4.78 is 12.3. The van der Waals surface area contributed by atoms with Gasteiger partial charge in [0.1, 0.15) is 11.9 Å². The highest BCUT2D eigenvalue weighted by molar-refractivity contribution is 5.89. The fraction of sp³-hybridized carbons (Fsp3) is 0.0789. The summed E-state index contributed by atoms with van der Waals surface area (Å²) in [4.78, 5) is 12.7. The molecule has 6 rings (SSSR count). The van der Waals surface area contributed by atoms with Crippen LogP contribution in [0.2, 0.25) is 0 Å². The molecule has 6 aromatic carbocycles. The molecular formula is C38H30O3. The highest BCUT2D eigenvalue weighted by Gasteiger charge is 2.46. The van der Waals surface area contributed by atoms with Crippen molar-refractivity contribution in [1.82, 2.24) is 0 Å². The number of benzene rings is 6. The maximum Gasteiger partial charge on any atom is 0.337 e. The Morgan fingerprint density at radius 2 is 1.10 bits per heavy atom. The number of fused-ring (bicyclic) bond motifs is 1. The molecule has 0 radical (unpaired) electrons. The SMILES string of the molecule is COC(=O)c1cccc(C(Oc2ccc3ccccc3c2)C(c2ccccc2)(c2ccccc2)c2ccccc2)c1. The Morgan fingerprint density at radius 1 is 0.561 bits per heavy atom. The molecule has 41 heavy (non-hydrogen) atoms. The predicted octanol–water partition coefficient (Wildman–Crippen LogP) is 8.78. The molecule has 3 heteroatoms. The summed E-state index contributed by atoms with van der Waals surface area (Å²) >= 11 is 0. The van der Waals surface area contributed by atoms with Crippen LogP contribution in [0.5, 0.6) is 5.75 Å². The van der Waals surface area contributed by atoms with E-state index in [1.165, 1.54) is 7.11 Å². The molecule has 0 aliphatic rings. The number of hydrogen-bond acceptors (Lipinski definition) is 3. The van der Waals surface area contributed by atoms with Crippen LogP contribution in [0, 0.1) is 0 Å². The number of carbonyl (C=O) groups excluding carboxylic acids is 1. The quantitative estimate of drug-likeness (QED) is 0.145. The van der Waals surface area contributed by atoms with Gasteiger partial charge in [0, 0.05) is 0 Å². The first-order valence-electron chi connectivity index (χ1n) is 13.7. The average Bonchev–Trinajstić information content (AvgIpc) is 3.06. The van der Waals surface area contributed by atoms with Crippen molar-refractivity contribution in [2.24, 2.45) is 0 Å². The highest BCUT2D eigenvalue weighted by atomic mass is 16.5. The van der Waals surface area contributed by atoms with Gasteiger partial charge in [-0.05, 0) is 57.3 Å². The molecule has 1 atom stereocenters. The smallest absolute Gasteiger partial charge is 0.337 e. The van der Waals surface area contributed by atoms with E-state index in [-0.39, 0.29) is 5.97 Å². The third-order valence-corrected chi connectivity index (χ3v) is 7.67. The second-order valence-corrected chi connectivity index (χ2v) is 10.0. The molecule has 200 valence electrons. The summed E-state index contributed by atoms with van der Waals surface area (Å²) in [6.07, 6.45) is -0.555. The minimum absolute atomic E-state index is 0.388. The van der Waals surface area contributed by atoms with E-state index in [0.29, 0.717) is 5.56 Å². The Labute approximate surface area is 240 Å². The zero-order chi connectivity index (χ0) is 28.1. The predicted molar refractivity (Wildman–Crippen MR) is 164 cm³/mol.